The van der Waals surface area contributed by atoms with Crippen molar-refractivity contribution in [2.75, 3.05) is 0 Å². The van der Waals surface area contributed by atoms with E-state index >= 15 is 0 Å². The highest BCUT2D eigenvalue weighted by Gasteiger charge is 2.34. The van der Waals surface area contributed by atoms with Gasteiger partial charge in [-0.1, -0.05) is 12.8 Å². The van der Waals surface area contributed by atoms with Crippen LogP contribution in [0, 0.1) is 5.92 Å². The summed E-state index contributed by atoms with van der Waals surface area (Å²) in [5.41, 5.74) is -0.708. The molecule has 0 saturated heterocycles. The van der Waals surface area contributed by atoms with E-state index in [4.69, 9.17) is 0 Å². The van der Waals surface area contributed by atoms with Crippen molar-refractivity contribution in [1.29, 1.82) is 0 Å². The van der Waals surface area contributed by atoms with Crippen LogP contribution in [0.25, 0.3) is 0 Å². The van der Waals surface area contributed by atoms with Crippen molar-refractivity contribution in [2.45, 2.75) is 51.2 Å². The van der Waals surface area contributed by atoms with Crippen molar-refractivity contribution in [3.05, 3.63) is 0 Å². The third-order valence-corrected chi connectivity index (χ3v) is 2.64. The smallest absolute Gasteiger partial charge is 0.0644 e. The minimum atomic E-state index is -0.708. The molecular weight excluding hydrogens is 140 g/mol. The Morgan fingerprint density at radius 2 is 1.73 bits per heavy atom. The molecule has 0 aromatic heterocycles. The van der Waals surface area contributed by atoms with Crippen molar-refractivity contribution in [1.82, 2.24) is 0 Å². The van der Waals surface area contributed by atoms with E-state index in [1.54, 1.807) is 13.8 Å². The van der Waals surface area contributed by atoms with Crippen LogP contribution in [0.15, 0.2) is 0 Å². The molecule has 2 N–H and O–H groups in total. The minimum absolute atomic E-state index is 0.0799. The quantitative estimate of drug-likeness (QED) is 0.604. The van der Waals surface area contributed by atoms with Crippen LogP contribution in [0.1, 0.15) is 39.5 Å². The van der Waals surface area contributed by atoms with Gasteiger partial charge in [0.2, 0.25) is 0 Å². The zero-order valence-corrected chi connectivity index (χ0v) is 7.38. The fourth-order valence-electron chi connectivity index (χ4n) is 1.94. The van der Waals surface area contributed by atoms with E-state index in [0.29, 0.717) is 0 Å². The van der Waals surface area contributed by atoms with Crippen molar-refractivity contribution in [3.63, 3.8) is 0 Å². The molecule has 0 aromatic carbocycles. The molecule has 0 aromatic rings. The number of aliphatic hydroxyl groups is 2. The average molecular weight is 158 g/mol. The molecule has 0 heterocycles. The Hall–Kier alpha value is -0.0800. The van der Waals surface area contributed by atoms with Crippen LogP contribution in [0.4, 0.5) is 0 Å². The van der Waals surface area contributed by atoms with Gasteiger partial charge in [-0.2, -0.15) is 0 Å². The first-order valence-electron chi connectivity index (χ1n) is 4.42. The van der Waals surface area contributed by atoms with Gasteiger partial charge in [0.05, 0.1) is 11.7 Å². The molecule has 2 atom stereocenters. The summed E-state index contributed by atoms with van der Waals surface area (Å²) in [4.78, 5) is 0. The van der Waals surface area contributed by atoms with Crippen LogP contribution in [-0.2, 0) is 0 Å². The van der Waals surface area contributed by atoms with Crippen LogP contribution >= 0.6 is 0 Å². The molecule has 66 valence electrons. The fraction of sp³-hybridized carbons (Fsp3) is 1.00. The Balaban J connectivity index is 2.55. The molecule has 11 heavy (non-hydrogen) atoms. The summed E-state index contributed by atoms with van der Waals surface area (Å²) in [7, 11) is 0. The molecule has 1 aliphatic carbocycles. The van der Waals surface area contributed by atoms with Crippen molar-refractivity contribution in [3.8, 4) is 0 Å². The summed E-state index contributed by atoms with van der Waals surface area (Å²) in [6, 6.07) is 0. The molecule has 0 spiro atoms. The first-order chi connectivity index (χ1) is 5.02. The molecule has 1 fully saturated rings. The van der Waals surface area contributed by atoms with Gasteiger partial charge in [0.15, 0.2) is 0 Å². The highest BCUT2D eigenvalue weighted by Crippen LogP contribution is 2.32. The minimum Gasteiger partial charge on any atom is -0.393 e. The topological polar surface area (TPSA) is 40.5 Å². The van der Waals surface area contributed by atoms with Gasteiger partial charge in [-0.15, -0.1) is 0 Å². The van der Waals surface area contributed by atoms with Crippen LogP contribution in [0.5, 0.6) is 0 Å². The average Bonchev–Trinajstić information content (AvgIpc) is 1.86. The van der Waals surface area contributed by atoms with E-state index in [-0.39, 0.29) is 12.0 Å². The Bertz CT molecular complexity index is 126. The van der Waals surface area contributed by atoms with Gasteiger partial charge < -0.3 is 10.2 Å². The van der Waals surface area contributed by atoms with Gasteiger partial charge in [0, 0.05) is 5.92 Å². The van der Waals surface area contributed by atoms with E-state index in [0.717, 1.165) is 25.7 Å². The second-order valence-electron chi connectivity index (χ2n) is 4.11. The third kappa shape index (κ3) is 2.17. The summed E-state index contributed by atoms with van der Waals surface area (Å²) in [6.45, 7) is 3.57. The lowest BCUT2D eigenvalue weighted by atomic mass is 9.77. The Labute approximate surface area is 68.2 Å². The van der Waals surface area contributed by atoms with Gasteiger partial charge >= 0.3 is 0 Å². The summed E-state index contributed by atoms with van der Waals surface area (Å²) in [6.07, 6.45) is 3.78. The SMILES string of the molecule is CC(C)(O)[C@@H]1CCCC[C@H]1O. The highest BCUT2D eigenvalue weighted by molar-refractivity contribution is 4.85. The highest BCUT2D eigenvalue weighted by atomic mass is 16.3. The van der Waals surface area contributed by atoms with E-state index in [2.05, 4.69) is 0 Å². The van der Waals surface area contributed by atoms with Crippen molar-refractivity contribution >= 4 is 0 Å². The molecule has 0 amide bonds. The number of aliphatic hydroxyl groups excluding tert-OH is 1. The normalized spacial score (nSPS) is 33.8. The number of hydrogen-bond acceptors (Lipinski definition) is 2. The molecule has 2 heteroatoms. The molecular formula is C9H18O2. The summed E-state index contributed by atoms with van der Waals surface area (Å²) >= 11 is 0. The molecule has 1 rings (SSSR count). The fourth-order valence-corrected chi connectivity index (χ4v) is 1.94. The predicted molar refractivity (Wildman–Crippen MR) is 44.3 cm³/mol. The summed E-state index contributed by atoms with van der Waals surface area (Å²) in [5, 5.41) is 19.2. The van der Waals surface area contributed by atoms with Crippen LogP contribution in [0.3, 0.4) is 0 Å². The maximum Gasteiger partial charge on any atom is 0.0644 e. The van der Waals surface area contributed by atoms with Gasteiger partial charge in [0.25, 0.3) is 0 Å². The second-order valence-corrected chi connectivity index (χ2v) is 4.11. The van der Waals surface area contributed by atoms with E-state index in [9.17, 15) is 10.2 Å². The molecule has 1 aliphatic rings. The molecule has 0 unspecified atom stereocenters. The monoisotopic (exact) mass is 158 g/mol. The van der Waals surface area contributed by atoms with Crippen LogP contribution in [0.2, 0.25) is 0 Å². The lowest BCUT2D eigenvalue weighted by Gasteiger charge is -2.36. The molecule has 2 nitrogen and oxygen atoms in total. The molecule has 0 bridgehead atoms. The number of hydrogen-bond donors (Lipinski definition) is 2. The van der Waals surface area contributed by atoms with E-state index in [1.807, 2.05) is 0 Å². The summed E-state index contributed by atoms with van der Waals surface area (Å²) < 4.78 is 0. The second kappa shape index (κ2) is 3.11. The molecule has 0 aliphatic heterocycles. The van der Waals surface area contributed by atoms with E-state index < -0.39 is 5.60 Å². The van der Waals surface area contributed by atoms with Crippen molar-refractivity contribution in [2.24, 2.45) is 5.92 Å². The zero-order valence-electron chi connectivity index (χ0n) is 7.38. The zero-order chi connectivity index (χ0) is 8.48. The Kier molecular flexibility index (Phi) is 2.55. The maximum atomic E-state index is 9.65. The van der Waals surface area contributed by atoms with Gasteiger partial charge in [-0.05, 0) is 26.7 Å². The summed E-state index contributed by atoms with van der Waals surface area (Å²) in [5.74, 6) is 0.0799. The Morgan fingerprint density at radius 1 is 1.18 bits per heavy atom. The molecule has 0 radical (unpaired) electrons. The number of rotatable bonds is 1. The Morgan fingerprint density at radius 3 is 2.09 bits per heavy atom. The first-order valence-corrected chi connectivity index (χ1v) is 4.42. The first kappa shape index (κ1) is 9.01. The molecule has 1 saturated carbocycles. The lowest BCUT2D eigenvalue weighted by molar-refractivity contribution is -0.0645. The van der Waals surface area contributed by atoms with Gasteiger partial charge in [0.1, 0.15) is 0 Å². The standard InChI is InChI=1S/C9H18O2/c1-9(2,11)7-5-3-4-6-8(7)10/h7-8,10-11H,3-6H2,1-2H3/t7-,8-/m1/s1. The van der Waals surface area contributed by atoms with Gasteiger partial charge in [-0.25, -0.2) is 0 Å². The van der Waals surface area contributed by atoms with Crippen molar-refractivity contribution < 1.29 is 10.2 Å². The van der Waals surface area contributed by atoms with Crippen LogP contribution < -0.4 is 0 Å². The van der Waals surface area contributed by atoms with Gasteiger partial charge in [-0.3, -0.25) is 0 Å². The van der Waals surface area contributed by atoms with Crippen LogP contribution in [-0.4, -0.2) is 21.9 Å². The van der Waals surface area contributed by atoms with E-state index in [1.165, 1.54) is 0 Å². The largest absolute Gasteiger partial charge is 0.393 e. The lowest BCUT2D eigenvalue weighted by Crippen LogP contribution is -2.41. The maximum absolute atomic E-state index is 9.65. The predicted octanol–water partition coefficient (Wildman–Crippen LogP) is 1.31. The third-order valence-electron chi connectivity index (χ3n) is 2.64.